The number of benzene rings is 1. The van der Waals surface area contributed by atoms with Crippen LogP contribution in [0.1, 0.15) is 17.5 Å². The van der Waals surface area contributed by atoms with Crippen molar-refractivity contribution in [3.8, 4) is 5.75 Å². The minimum atomic E-state index is -0.516. The number of aromatic amines is 1. The molecule has 0 unspecified atom stereocenters. The first-order valence-corrected chi connectivity index (χ1v) is 6.22. The number of methoxy groups -OCH3 is 1. The molecule has 0 saturated heterocycles. The van der Waals surface area contributed by atoms with Gasteiger partial charge in [-0.05, 0) is 19.1 Å². The van der Waals surface area contributed by atoms with Gasteiger partial charge in [-0.1, -0.05) is 0 Å². The largest absolute Gasteiger partial charge is 0.497 e. The van der Waals surface area contributed by atoms with Gasteiger partial charge in [0.25, 0.3) is 0 Å². The first-order chi connectivity index (χ1) is 9.72. The number of aromatic nitrogens is 3. The standard InChI is InChI=1S/C14H13N3O3/c1-3-20-14(18)13-15-7-11-12(17-13)9-5-4-8(19-2)6-10(9)16-11/h4-7,16H,3H2,1-2H3. The molecule has 1 aromatic carbocycles. The molecule has 0 atom stereocenters. The molecular formula is C14H13N3O3. The summed E-state index contributed by atoms with van der Waals surface area (Å²) >= 11 is 0. The summed E-state index contributed by atoms with van der Waals surface area (Å²) < 4.78 is 10.1. The van der Waals surface area contributed by atoms with Gasteiger partial charge in [-0.3, -0.25) is 0 Å². The summed E-state index contributed by atoms with van der Waals surface area (Å²) in [5, 5.41) is 0.911. The summed E-state index contributed by atoms with van der Waals surface area (Å²) in [6.07, 6.45) is 1.58. The number of ether oxygens (including phenoxy) is 2. The number of hydrogen-bond acceptors (Lipinski definition) is 5. The average Bonchev–Trinajstić information content (AvgIpc) is 2.83. The van der Waals surface area contributed by atoms with Crippen LogP contribution in [0.25, 0.3) is 21.9 Å². The van der Waals surface area contributed by atoms with Crippen molar-refractivity contribution in [2.24, 2.45) is 0 Å². The number of rotatable bonds is 3. The summed E-state index contributed by atoms with van der Waals surface area (Å²) in [4.78, 5) is 23.2. The summed E-state index contributed by atoms with van der Waals surface area (Å²) in [7, 11) is 1.61. The molecule has 3 rings (SSSR count). The van der Waals surface area contributed by atoms with Gasteiger partial charge in [-0.15, -0.1) is 0 Å². The van der Waals surface area contributed by atoms with Crippen LogP contribution in [0.2, 0.25) is 0 Å². The van der Waals surface area contributed by atoms with Crippen molar-refractivity contribution < 1.29 is 14.3 Å². The molecule has 0 aliphatic rings. The number of fused-ring (bicyclic) bond motifs is 3. The number of carbonyl (C=O) groups excluding carboxylic acids is 1. The minimum Gasteiger partial charge on any atom is -0.497 e. The fraction of sp³-hybridized carbons (Fsp3) is 0.214. The van der Waals surface area contributed by atoms with Crippen LogP contribution in [-0.4, -0.2) is 34.6 Å². The molecule has 6 heteroatoms. The molecule has 6 nitrogen and oxygen atoms in total. The molecule has 102 valence electrons. The zero-order valence-electron chi connectivity index (χ0n) is 11.1. The van der Waals surface area contributed by atoms with Gasteiger partial charge in [0.1, 0.15) is 11.3 Å². The Morgan fingerprint density at radius 2 is 2.20 bits per heavy atom. The van der Waals surface area contributed by atoms with Gasteiger partial charge in [0, 0.05) is 11.5 Å². The number of nitrogens with zero attached hydrogens (tertiary/aromatic N) is 2. The van der Waals surface area contributed by atoms with Gasteiger partial charge in [-0.2, -0.15) is 0 Å². The van der Waals surface area contributed by atoms with E-state index < -0.39 is 5.97 Å². The highest BCUT2D eigenvalue weighted by Gasteiger charge is 2.14. The van der Waals surface area contributed by atoms with Crippen LogP contribution in [0.4, 0.5) is 0 Å². The molecule has 0 amide bonds. The molecular weight excluding hydrogens is 258 g/mol. The third-order valence-corrected chi connectivity index (χ3v) is 3.00. The maximum atomic E-state index is 11.7. The monoisotopic (exact) mass is 271 g/mol. The van der Waals surface area contributed by atoms with E-state index in [1.54, 1.807) is 20.2 Å². The van der Waals surface area contributed by atoms with E-state index in [0.717, 1.165) is 22.2 Å². The lowest BCUT2D eigenvalue weighted by atomic mass is 10.2. The van der Waals surface area contributed by atoms with Crippen LogP contribution in [-0.2, 0) is 4.74 Å². The van der Waals surface area contributed by atoms with Gasteiger partial charge >= 0.3 is 5.97 Å². The van der Waals surface area contributed by atoms with Gasteiger partial charge in [0.15, 0.2) is 0 Å². The highest BCUT2D eigenvalue weighted by Crippen LogP contribution is 2.26. The fourth-order valence-corrected chi connectivity index (χ4v) is 2.08. The lowest BCUT2D eigenvalue weighted by molar-refractivity contribution is 0.0512. The van der Waals surface area contributed by atoms with Gasteiger partial charge in [0.05, 0.1) is 30.9 Å². The maximum absolute atomic E-state index is 11.7. The second kappa shape index (κ2) is 4.80. The van der Waals surface area contributed by atoms with E-state index in [2.05, 4.69) is 15.0 Å². The SMILES string of the molecule is CCOC(=O)c1ncc2[nH]c3cc(OC)ccc3c2n1. The van der Waals surface area contributed by atoms with Gasteiger partial charge in [-0.25, -0.2) is 14.8 Å². The van der Waals surface area contributed by atoms with Crippen molar-refractivity contribution in [3.05, 3.63) is 30.2 Å². The number of hydrogen-bond donors (Lipinski definition) is 1. The number of carbonyl (C=O) groups is 1. The summed E-state index contributed by atoms with van der Waals surface area (Å²) in [6, 6.07) is 5.62. The van der Waals surface area contributed by atoms with Crippen molar-refractivity contribution >= 4 is 27.9 Å². The normalized spacial score (nSPS) is 10.9. The van der Waals surface area contributed by atoms with E-state index in [-0.39, 0.29) is 5.82 Å². The molecule has 1 N–H and O–H groups in total. The van der Waals surface area contributed by atoms with E-state index >= 15 is 0 Å². The van der Waals surface area contributed by atoms with Crippen LogP contribution < -0.4 is 4.74 Å². The van der Waals surface area contributed by atoms with E-state index in [1.165, 1.54) is 0 Å². The molecule has 0 aliphatic heterocycles. The third-order valence-electron chi connectivity index (χ3n) is 3.00. The quantitative estimate of drug-likeness (QED) is 0.739. The Morgan fingerprint density at radius 1 is 1.35 bits per heavy atom. The molecule has 2 aromatic heterocycles. The first kappa shape index (κ1) is 12.4. The lowest BCUT2D eigenvalue weighted by Gasteiger charge is -2.00. The zero-order valence-corrected chi connectivity index (χ0v) is 11.1. The fourth-order valence-electron chi connectivity index (χ4n) is 2.08. The van der Waals surface area contributed by atoms with Crippen LogP contribution in [0.5, 0.6) is 5.75 Å². The Balaban J connectivity index is 2.17. The predicted octanol–water partition coefficient (Wildman–Crippen LogP) is 2.30. The molecule has 0 radical (unpaired) electrons. The molecule has 0 saturated carbocycles. The zero-order chi connectivity index (χ0) is 14.1. The van der Waals surface area contributed by atoms with Crippen molar-refractivity contribution in [3.63, 3.8) is 0 Å². The van der Waals surface area contributed by atoms with Gasteiger partial charge < -0.3 is 14.5 Å². The number of nitrogens with one attached hydrogen (secondary N) is 1. The van der Waals surface area contributed by atoms with Crippen molar-refractivity contribution in [1.82, 2.24) is 15.0 Å². The molecule has 20 heavy (non-hydrogen) atoms. The summed E-state index contributed by atoms with van der Waals surface area (Å²) in [5.41, 5.74) is 2.34. The second-order valence-electron chi connectivity index (χ2n) is 4.21. The molecule has 0 aliphatic carbocycles. The highest BCUT2D eigenvalue weighted by molar-refractivity contribution is 6.05. The smallest absolute Gasteiger partial charge is 0.376 e. The van der Waals surface area contributed by atoms with Gasteiger partial charge in [0.2, 0.25) is 5.82 Å². The average molecular weight is 271 g/mol. The Kier molecular flexibility index (Phi) is 2.98. The van der Waals surface area contributed by atoms with Crippen molar-refractivity contribution in [2.75, 3.05) is 13.7 Å². The molecule has 2 heterocycles. The van der Waals surface area contributed by atoms with Crippen molar-refractivity contribution in [1.29, 1.82) is 0 Å². The van der Waals surface area contributed by atoms with Crippen molar-refractivity contribution in [2.45, 2.75) is 6.92 Å². The Bertz CT molecular complexity index is 795. The third kappa shape index (κ3) is 1.95. The van der Waals surface area contributed by atoms with E-state index in [0.29, 0.717) is 12.1 Å². The minimum absolute atomic E-state index is 0.0658. The Morgan fingerprint density at radius 3 is 2.95 bits per heavy atom. The summed E-state index contributed by atoms with van der Waals surface area (Å²) in [6.45, 7) is 2.04. The lowest BCUT2D eigenvalue weighted by Crippen LogP contribution is -2.09. The van der Waals surface area contributed by atoms with Crippen LogP contribution in [0.15, 0.2) is 24.4 Å². The highest BCUT2D eigenvalue weighted by atomic mass is 16.5. The topological polar surface area (TPSA) is 77.1 Å². The molecule has 0 bridgehead atoms. The first-order valence-electron chi connectivity index (χ1n) is 6.22. The number of H-pyrrole nitrogens is 1. The Labute approximate surface area is 114 Å². The summed E-state index contributed by atoms with van der Waals surface area (Å²) in [5.74, 6) is 0.302. The molecule has 3 aromatic rings. The van der Waals surface area contributed by atoms with E-state index in [9.17, 15) is 4.79 Å². The molecule has 0 spiro atoms. The van der Waals surface area contributed by atoms with Crippen LogP contribution >= 0.6 is 0 Å². The number of esters is 1. The maximum Gasteiger partial charge on any atom is 0.376 e. The van der Waals surface area contributed by atoms with E-state index in [4.69, 9.17) is 9.47 Å². The van der Waals surface area contributed by atoms with E-state index in [1.807, 2.05) is 18.2 Å². The predicted molar refractivity (Wildman–Crippen MR) is 73.9 cm³/mol. The second-order valence-corrected chi connectivity index (χ2v) is 4.21. The van der Waals surface area contributed by atoms with Crippen LogP contribution in [0, 0.1) is 0 Å². The molecule has 0 fully saturated rings. The Hall–Kier alpha value is -2.63. The van der Waals surface area contributed by atoms with Crippen LogP contribution in [0.3, 0.4) is 0 Å².